The summed E-state index contributed by atoms with van der Waals surface area (Å²) in [5.41, 5.74) is 5.48. The largest absolute Gasteiger partial charge is 0.481 e. The number of amides is 3. The highest BCUT2D eigenvalue weighted by atomic mass is 16.4. The second kappa shape index (κ2) is 13.1. The average molecular weight is 448 g/mol. The molecule has 0 heterocycles. The third kappa shape index (κ3) is 10.9. The lowest BCUT2D eigenvalue weighted by atomic mass is 10.1. The van der Waals surface area contributed by atoms with Crippen LogP contribution in [0.1, 0.15) is 39.5 Å². The molecule has 0 aliphatic rings. The Morgan fingerprint density at radius 1 is 0.742 bits per heavy atom. The van der Waals surface area contributed by atoms with Gasteiger partial charge < -0.3 is 42.1 Å². The van der Waals surface area contributed by atoms with E-state index in [1.165, 1.54) is 6.92 Å². The highest BCUT2D eigenvalue weighted by Crippen LogP contribution is 2.04. The molecule has 0 fully saturated rings. The topological polar surface area (TPSA) is 245 Å². The number of carboxylic acids is 3. The van der Waals surface area contributed by atoms with Crippen molar-refractivity contribution in [2.24, 2.45) is 5.73 Å². The van der Waals surface area contributed by atoms with Crippen molar-refractivity contribution in [3.8, 4) is 0 Å². The molecule has 5 unspecified atom stereocenters. The molecule has 0 rings (SSSR count). The van der Waals surface area contributed by atoms with Gasteiger partial charge in [0.25, 0.3) is 0 Å². The van der Waals surface area contributed by atoms with Crippen LogP contribution in [0, 0.1) is 0 Å². The summed E-state index contributed by atoms with van der Waals surface area (Å²) in [5, 5.41) is 42.4. The number of carbonyl (C=O) groups is 6. The molecule has 0 saturated heterocycles. The van der Waals surface area contributed by atoms with Gasteiger partial charge in [-0.2, -0.15) is 0 Å². The number of hydrogen-bond acceptors (Lipinski definition) is 8. The van der Waals surface area contributed by atoms with Crippen LogP contribution in [0.5, 0.6) is 0 Å². The second-order valence-electron chi connectivity index (χ2n) is 6.82. The molecule has 0 aliphatic heterocycles. The van der Waals surface area contributed by atoms with Crippen molar-refractivity contribution in [2.45, 2.75) is 69.8 Å². The van der Waals surface area contributed by atoms with Gasteiger partial charge in [0, 0.05) is 12.8 Å². The number of aliphatic carboxylic acids is 3. The fraction of sp³-hybridized carbons (Fsp3) is 0.647. The summed E-state index contributed by atoms with van der Waals surface area (Å²) in [4.78, 5) is 69.6. The molecule has 14 nitrogen and oxygen atoms in total. The fourth-order valence-electron chi connectivity index (χ4n) is 2.21. The van der Waals surface area contributed by atoms with Gasteiger partial charge in [-0.15, -0.1) is 0 Å². The summed E-state index contributed by atoms with van der Waals surface area (Å²) >= 11 is 0. The highest BCUT2D eigenvalue weighted by Gasteiger charge is 2.30. The lowest BCUT2D eigenvalue weighted by Gasteiger charge is -2.24. The van der Waals surface area contributed by atoms with Crippen molar-refractivity contribution in [1.82, 2.24) is 16.0 Å². The first kappa shape index (κ1) is 27.7. The van der Waals surface area contributed by atoms with Gasteiger partial charge in [-0.3, -0.25) is 28.8 Å². The van der Waals surface area contributed by atoms with E-state index in [-0.39, 0.29) is 0 Å². The maximum Gasteiger partial charge on any atom is 0.325 e. The van der Waals surface area contributed by atoms with Crippen LogP contribution in [0.4, 0.5) is 0 Å². The minimum Gasteiger partial charge on any atom is -0.481 e. The average Bonchev–Trinajstić information content (AvgIpc) is 2.66. The lowest BCUT2D eigenvalue weighted by molar-refractivity contribution is -0.142. The monoisotopic (exact) mass is 448 g/mol. The van der Waals surface area contributed by atoms with Gasteiger partial charge in [0.1, 0.15) is 24.2 Å². The molecule has 9 N–H and O–H groups in total. The maximum absolute atomic E-state index is 12.6. The molecule has 0 bridgehead atoms. The van der Waals surface area contributed by atoms with E-state index in [1.807, 2.05) is 0 Å². The van der Waals surface area contributed by atoms with E-state index in [2.05, 4.69) is 16.0 Å². The van der Waals surface area contributed by atoms with Crippen molar-refractivity contribution < 1.29 is 49.2 Å². The summed E-state index contributed by atoms with van der Waals surface area (Å²) in [6, 6.07) is -5.68. The minimum absolute atomic E-state index is 0.391. The second-order valence-corrected chi connectivity index (χ2v) is 6.82. The minimum atomic E-state index is -1.47. The van der Waals surface area contributed by atoms with Crippen LogP contribution < -0.4 is 21.7 Å². The van der Waals surface area contributed by atoms with Crippen LogP contribution in [-0.4, -0.2) is 86.3 Å². The first-order valence-electron chi connectivity index (χ1n) is 9.27. The number of carboxylic acid groups (broad SMARTS) is 3. The van der Waals surface area contributed by atoms with Gasteiger partial charge in [0.05, 0.1) is 6.10 Å². The third-order valence-corrected chi connectivity index (χ3v) is 4.11. The van der Waals surface area contributed by atoms with Crippen LogP contribution in [0.25, 0.3) is 0 Å². The Hall–Kier alpha value is -3.26. The van der Waals surface area contributed by atoms with E-state index in [0.29, 0.717) is 0 Å². The van der Waals surface area contributed by atoms with Gasteiger partial charge >= 0.3 is 17.9 Å². The summed E-state index contributed by atoms with van der Waals surface area (Å²) in [6.07, 6.45) is -3.14. The molecule has 0 aromatic carbocycles. The number of nitrogens with one attached hydrogen (secondary N) is 3. The molecular formula is C17H28N4O10. The molecule has 0 spiro atoms. The van der Waals surface area contributed by atoms with Crippen LogP contribution in [0.3, 0.4) is 0 Å². The highest BCUT2D eigenvalue weighted by molar-refractivity contribution is 5.94. The first-order valence-corrected chi connectivity index (χ1v) is 9.27. The molecule has 3 amide bonds. The molecule has 5 atom stereocenters. The predicted octanol–water partition coefficient (Wildman–Crippen LogP) is -3.02. The summed E-state index contributed by atoms with van der Waals surface area (Å²) < 4.78 is 0. The number of aliphatic hydroxyl groups is 1. The fourth-order valence-corrected chi connectivity index (χ4v) is 2.21. The zero-order valence-electron chi connectivity index (χ0n) is 17.0. The molecule has 0 aromatic heterocycles. The zero-order valence-corrected chi connectivity index (χ0v) is 17.0. The Balaban J connectivity index is 5.47. The maximum atomic E-state index is 12.6. The first-order chi connectivity index (χ1) is 14.3. The molecule has 31 heavy (non-hydrogen) atoms. The number of carbonyl (C=O) groups excluding carboxylic acids is 3. The molecule has 176 valence electrons. The number of rotatable bonds is 14. The Morgan fingerprint density at radius 3 is 1.48 bits per heavy atom. The quantitative estimate of drug-likeness (QED) is 0.133. The number of aliphatic hydroxyl groups excluding tert-OH is 1. The van der Waals surface area contributed by atoms with E-state index < -0.39 is 91.6 Å². The van der Waals surface area contributed by atoms with E-state index in [1.54, 1.807) is 0 Å². The van der Waals surface area contributed by atoms with Crippen LogP contribution >= 0.6 is 0 Å². The lowest BCUT2D eigenvalue weighted by Crippen LogP contribution is -2.58. The normalized spacial score (nSPS) is 15.5. The summed E-state index contributed by atoms with van der Waals surface area (Å²) in [7, 11) is 0. The van der Waals surface area contributed by atoms with Crippen molar-refractivity contribution in [1.29, 1.82) is 0 Å². The molecular weight excluding hydrogens is 420 g/mol. The Morgan fingerprint density at radius 2 is 1.13 bits per heavy atom. The SMILES string of the molecule is CC(NC(=O)C(CCC(=O)O)NC(=O)C(CCC(=O)O)NC(=O)C(N)C(C)O)C(=O)O. The Bertz CT molecular complexity index is 696. The number of nitrogens with two attached hydrogens (primary N) is 1. The van der Waals surface area contributed by atoms with E-state index in [4.69, 9.17) is 21.1 Å². The van der Waals surface area contributed by atoms with Crippen molar-refractivity contribution in [3.63, 3.8) is 0 Å². The van der Waals surface area contributed by atoms with Crippen molar-refractivity contribution in [2.75, 3.05) is 0 Å². The molecule has 0 radical (unpaired) electrons. The molecule has 0 aromatic rings. The van der Waals surface area contributed by atoms with Gasteiger partial charge in [0.15, 0.2) is 0 Å². The van der Waals surface area contributed by atoms with Gasteiger partial charge in [0.2, 0.25) is 17.7 Å². The van der Waals surface area contributed by atoms with Gasteiger partial charge in [-0.1, -0.05) is 0 Å². The van der Waals surface area contributed by atoms with Crippen molar-refractivity contribution in [3.05, 3.63) is 0 Å². The molecule has 0 aliphatic carbocycles. The predicted molar refractivity (Wildman–Crippen MR) is 102 cm³/mol. The van der Waals surface area contributed by atoms with Crippen molar-refractivity contribution >= 4 is 35.6 Å². The summed E-state index contributed by atoms with van der Waals surface area (Å²) in [6.45, 7) is 2.39. The summed E-state index contributed by atoms with van der Waals surface area (Å²) in [5.74, 6) is -6.87. The van der Waals surface area contributed by atoms with Crippen LogP contribution in [0.2, 0.25) is 0 Å². The van der Waals surface area contributed by atoms with E-state index >= 15 is 0 Å². The Kier molecular flexibility index (Phi) is 11.7. The van der Waals surface area contributed by atoms with Crippen LogP contribution in [-0.2, 0) is 28.8 Å². The molecule has 0 saturated carbocycles. The molecule has 14 heteroatoms. The Labute approximate surface area is 177 Å². The number of hydrogen-bond donors (Lipinski definition) is 8. The van der Waals surface area contributed by atoms with Gasteiger partial charge in [-0.05, 0) is 26.7 Å². The van der Waals surface area contributed by atoms with E-state index in [9.17, 15) is 33.9 Å². The van der Waals surface area contributed by atoms with Gasteiger partial charge in [-0.25, -0.2) is 0 Å². The van der Waals surface area contributed by atoms with Crippen LogP contribution in [0.15, 0.2) is 0 Å². The standard InChI is InChI=1S/C17H28N4O10/c1-7(17(30)31)19-14(27)9(3-5-11(23)24)20-15(28)10(4-6-12(25)26)21-16(29)13(18)8(2)22/h7-10,13,22H,3-6,18H2,1-2H3,(H,19,27)(H,20,28)(H,21,29)(H,23,24)(H,25,26)(H,30,31). The third-order valence-electron chi connectivity index (χ3n) is 4.11. The smallest absolute Gasteiger partial charge is 0.325 e. The van der Waals surface area contributed by atoms with E-state index in [0.717, 1.165) is 6.92 Å². The zero-order chi connectivity index (χ0) is 24.3.